The molecular weight excluding hydrogens is 294 g/mol. The van der Waals surface area contributed by atoms with Crippen LogP contribution in [-0.2, 0) is 16.1 Å². The van der Waals surface area contributed by atoms with Crippen LogP contribution in [0.2, 0.25) is 0 Å². The third-order valence-electron chi connectivity index (χ3n) is 4.03. The lowest BCUT2D eigenvalue weighted by Crippen LogP contribution is -2.59. The average molecular weight is 321 g/mol. The van der Waals surface area contributed by atoms with E-state index in [9.17, 15) is 14.7 Å². The highest BCUT2D eigenvalue weighted by atomic mass is 16.6. The van der Waals surface area contributed by atoms with Crippen molar-refractivity contribution in [1.29, 1.82) is 0 Å². The summed E-state index contributed by atoms with van der Waals surface area (Å²) in [6.45, 7) is 7.47. The first-order valence-corrected chi connectivity index (χ1v) is 8.12. The van der Waals surface area contributed by atoms with Gasteiger partial charge in [-0.25, -0.2) is 9.59 Å². The van der Waals surface area contributed by atoms with E-state index < -0.39 is 17.6 Å². The fourth-order valence-electron chi connectivity index (χ4n) is 2.91. The van der Waals surface area contributed by atoms with Crippen LogP contribution in [0.5, 0.6) is 0 Å². The van der Waals surface area contributed by atoms with E-state index in [0.29, 0.717) is 19.3 Å². The molecule has 23 heavy (non-hydrogen) atoms. The van der Waals surface area contributed by atoms with E-state index in [1.807, 2.05) is 51.1 Å². The average Bonchev–Trinajstić information content (AvgIpc) is 2.52. The Morgan fingerprint density at radius 3 is 2.26 bits per heavy atom. The van der Waals surface area contributed by atoms with Gasteiger partial charge in [0.2, 0.25) is 0 Å². The minimum Gasteiger partial charge on any atom is -0.479 e. The molecule has 0 aliphatic carbocycles. The van der Waals surface area contributed by atoms with Gasteiger partial charge >= 0.3 is 12.1 Å². The minimum atomic E-state index is -1.23. The lowest BCUT2D eigenvalue weighted by Gasteiger charge is -2.41. The summed E-state index contributed by atoms with van der Waals surface area (Å²) in [7, 11) is 0. The SMILES string of the molecule is CCCC(CC)(C(=O)O)N(C(=O)OCc1ccccc1)C(C)C. The van der Waals surface area contributed by atoms with Crippen LogP contribution in [-0.4, -0.2) is 33.6 Å². The molecular formula is C18H27NO4. The van der Waals surface area contributed by atoms with E-state index >= 15 is 0 Å². The van der Waals surface area contributed by atoms with Crippen LogP contribution in [0.3, 0.4) is 0 Å². The summed E-state index contributed by atoms with van der Waals surface area (Å²) < 4.78 is 5.38. The third kappa shape index (κ3) is 4.47. The van der Waals surface area contributed by atoms with Crippen LogP contribution in [0.1, 0.15) is 52.5 Å². The smallest absolute Gasteiger partial charge is 0.411 e. The molecule has 128 valence electrons. The molecule has 1 N–H and O–H groups in total. The van der Waals surface area contributed by atoms with Gasteiger partial charge in [-0.2, -0.15) is 0 Å². The van der Waals surface area contributed by atoms with Crippen molar-refractivity contribution in [2.45, 2.75) is 65.1 Å². The quantitative estimate of drug-likeness (QED) is 0.784. The van der Waals surface area contributed by atoms with Crippen molar-refractivity contribution < 1.29 is 19.4 Å². The predicted molar refractivity (Wildman–Crippen MR) is 89.2 cm³/mol. The molecule has 0 saturated heterocycles. The highest BCUT2D eigenvalue weighted by molar-refractivity contribution is 5.84. The second-order valence-corrected chi connectivity index (χ2v) is 5.94. The number of hydrogen-bond acceptors (Lipinski definition) is 3. The number of amides is 1. The van der Waals surface area contributed by atoms with Gasteiger partial charge in [0.15, 0.2) is 0 Å². The molecule has 1 amide bonds. The van der Waals surface area contributed by atoms with Crippen LogP contribution in [0, 0.1) is 0 Å². The van der Waals surface area contributed by atoms with E-state index in [1.165, 1.54) is 4.90 Å². The summed E-state index contributed by atoms with van der Waals surface area (Å²) in [4.78, 5) is 25.9. The molecule has 0 spiro atoms. The Labute approximate surface area is 138 Å². The zero-order valence-corrected chi connectivity index (χ0v) is 14.4. The second-order valence-electron chi connectivity index (χ2n) is 5.94. The van der Waals surface area contributed by atoms with Gasteiger partial charge in [-0.05, 0) is 32.3 Å². The first kappa shape index (κ1) is 19.0. The molecule has 0 aliphatic rings. The molecule has 1 unspecified atom stereocenters. The fourth-order valence-corrected chi connectivity index (χ4v) is 2.91. The van der Waals surface area contributed by atoms with Gasteiger partial charge in [0, 0.05) is 6.04 Å². The first-order chi connectivity index (χ1) is 10.9. The van der Waals surface area contributed by atoms with Gasteiger partial charge in [0.1, 0.15) is 12.1 Å². The molecule has 1 aromatic carbocycles. The molecule has 0 saturated carbocycles. The molecule has 1 aromatic rings. The molecule has 0 bridgehead atoms. The van der Waals surface area contributed by atoms with E-state index in [4.69, 9.17) is 4.74 Å². The molecule has 5 heteroatoms. The van der Waals surface area contributed by atoms with Crippen LogP contribution in [0.15, 0.2) is 30.3 Å². The summed E-state index contributed by atoms with van der Waals surface area (Å²) in [6, 6.07) is 9.09. The number of carboxylic acids is 1. The molecule has 0 aromatic heterocycles. The minimum absolute atomic E-state index is 0.133. The standard InChI is InChI=1S/C18H27NO4/c1-5-12-18(6-2,16(20)21)19(14(3)4)17(22)23-13-15-10-8-7-9-11-15/h7-11,14H,5-6,12-13H2,1-4H3,(H,20,21). The number of nitrogens with zero attached hydrogens (tertiary/aromatic N) is 1. The number of hydrogen-bond donors (Lipinski definition) is 1. The zero-order chi connectivity index (χ0) is 17.5. The zero-order valence-electron chi connectivity index (χ0n) is 14.4. The number of benzene rings is 1. The number of carbonyl (C=O) groups excluding carboxylic acids is 1. The van der Waals surface area contributed by atoms with Crippen molar-refractivity contribution in [3.05, 3.63) is 35.9 Å². The van der Waals surface area contributed by atoms with Crippen molar-refractivity contribution in [2.24, 2.45) is 0 Å². The summed E-state index contributed by atoms with van der Waals surface area (Å²) in [5.74, 6) is -0.979. The third-order valence-corrected chi connectivity index (χ3v) is 4.03. The van der Waals surface area contributed by atoms with Crippen LogP contribution in [0.4, 0.5) is 4.79 Å². The van der Waals surface area contributed by atoms with E-state index in [1.54, 1.807) is 6.92 Å². The van der Waals surface area contributed by atoms with E-state index in [2.05, 4.69) is 0 Å². The van der Waals surface area contributed by atoms with Gasteiger partial charge in [-0.15, -0.1) is 0 Å². The Bertz CT molecular complexity index is 515. The van der Waals surface area contributed by atoms with Crippen molar-refractivity contribution in [1.82, 2.24) is 4.90 Å². The van der Waals surface area contributed by atoms with Crippen LogP contribution in [0.25, 0.3) is 0 Å². The molecule has 1 rings (SSSR count). The maximum absolute atomic E-state index is 12.6. The summed E-state index contributed by atoms with van der Waals surface area (Å²) in [6.07, 6.45) is 0.836. The Balaban J connectivity index is 2.98. The largest absolute Gasteiger partial charge is 0.479 e. The molecule has 0 radical (unpaired) electrons. The van der Waals surface area contributed by atoms with Crippen molar-refractivity contribution in [3.8, 4) is 0 Å². The molecule has 0 aliphatic heterocycles. The number of aliphatic carboxylic acids is 1. The Kier molecular flexibility index (Phi) is 7.07. The monoisotopic (exact) mass is 321 g/mol. The fraction of sp³-hybridized carbons (Fsp3) is 0.556. The van der Waals surface area contributed by atoms with Gasteiger partial charge < -0.3 is 9.84 Å². The van der Waals surface area contributed by atoms with Crippen LogP contribution >= 0.6 is 0 Å². The normalized spacial score (nSPS) is 13.4. The maximum Gasteiger partial charge on any atom is 0.411 e. The highest BCUT2D eigenvalue weighted by Crippen LogP contribution is 2.29. The van der Waals surface area contributed by atoms with Crippen molar-refractivity contribution >= 4 is 12.1 Å². The Hall–Kier alpha value is -2.04. The Morgan fingerprint density at radius 2 is 1.83 bits per heavy atom. The maximum atomic E-state index is 12.6. The van der Waals surface area contributed by atoms with E-state index in [0.717, 1.165) is 5.56 Å². The van der Waals surface area contributed by atoms with Gasteiger partial charge in [0.05, 0.1) is 0 Å². The van der Waals surface area contributed by atoms with Crippen LogP contribution < -0.4 is 0 Å². The molecule has 0 fully saturated rings. The van der Waals surface area contributed by atoms with E-state index in [-0.39, 0.29) is 12.6 Å². The van der Waals surface area contributed by atoms with Gasteiger partial charge in [-0.3, -0.25) is 4.90 Å². The summed E-state index contributed by atoms with van der Waals surface area (Å²) in [5, 5.41) is 9.76. The lowest BCUT2D eigenvalue weighted by atomic mass is 9.87. The lowest BCUT2D eigenvalue weighted by molar-refractivity contribution is -0.153. The van der Waals surface area contributed by atoms with Crippen molar-refractivity contribution in [3.63, 3.8) is 0 Å². The van der Waals surface area contributed by atoms with Gasteiger partial charge in [0.25, 0.3) is 0 Å². The van der Waals surface area contributed by atoms with Gasteiger partial charge in [-0.1, -0.05) is 50.6 Å². The number of carbonyl (C=O) groups is 2. The topological polar surface area (TPSA) is 66.8 Å². The highest BCUT2D eigenvalue weighted by Gasteiger charge is 2.46. The summed E-state index contributed by atoms with van der Waals surface area (Å²) in [5.41, 5.74) is -0.353. The van der Waals surface area contributed by atoms with Crippen molar-refractivity contribution in [2.75, 3.05) is 0 Å². The molecule has 5 nitrogen and oxygen atoms in total. The summed E-state index contributed by atoms with van der Waals surface area (Å²) >= 11 is 0. The predicted octanol–water partition coefficient (Wildman–Crippen LogP) is 4.07. The molecule has 1 atom stereocenters. The number of rotatable bonds is 8. The second kappa shape index (κ2) is 8.56. The number of ether oxygens (including phenoxy) is 1. The first-order valence-electron chi connectivity index (χ1n) is 8.12. The molecule has 0 heterocycles. The Morgan fingerprint density at radius 1 is 1.22 bits per heavy atom. The number of carboxylic acid groups (broad SMARTS) is 1.